The number of hydrogen-bond donors (Lipinski definition) is 1. The van der Waals surface area contributed by atoms with Crippen LogP contribution in [0.3, 0.4) is 0 Å². The molecule has 0 aliphatic carbocycles. The predicted molar refractivity (Wildman–Crippen MR) is 64.3 cm³/mol. The highest BCUT2D eigenvalue weighted by atomic mass is 32.2. The third-order valence-corrected chi connectivity index (χ3v) is 5.31. The van der Waals surface area contributed by atoms with Crippen molar-refractivity contribution in [1.29, 1.82) is 0 Å². The van der Waals surface area contributed by atoms with Gasteiger partial charge in [-0.2, -0.15) is 11.8 Å². The summed E-state index contributed by atoms with van der Waals surface area (Å²) in [6.45, 7) is 0.848. The molecule has 0 saturated carbocycles. The lowest BCUT2D eigenvalue weighted by atomic mass is 9.96. The van der Waals surface area contributed by atoms with Crippen LogP contribution in [0.4, 0.5) is 0 Å². The molecule has 0 amide bonds. The van der Waals surface area contributed by atoms with Gasteiger partial charge in [-0.1, -0.05) is 0 Å². The van der Waals surface area contributed by atoms with E-state index >= 15 is 0 Å². The summed E-state index contributed by atoms with van der Waals surface area (Å²) < 4.78 is 0. The highest BCUT2D eigenvalue weighted by molar-refractivity contribution is 7.98. The molecule has 0 aromatic carbocycles. The van der Waals surface area contributed by atoms with Gasteiger partial charge in [-0.3, -0.25) is 4.79 Å². The summed E-state index contributed by atoms with van der Waals surface area (Å²) in [6, 6.07) is 0.296. The maximum Gasteiger partial charge on any atom is 0.136 e. The van der Waals surface area contributed by atoms with Crippen molar-refractivity contribution in [2.75, 3.05) is 6.54 Å². The van der Waals surface area contributed by atoms with Gasteiger partial charge in [-0.15, -0.1) is 11.3 Å². The quantitative estimate of drug-likeness (QED) is 0.816. The van der Waals surface area contributed by atoms with Crippen molar-refractivity contribution in [3.8, 4) is 0 Å². The predicted octanol–water partition coefficient (Wildman–Crippen LogP) is 2.49. The first kappa shape index (κ1) is 9.87. The fourth-order valence-electron chi connectivity index (χ4n) is 2.27. The van der Waals surface area contributed by atoms with Crippen LogP contribution >= 0.6 is 23.1 Å². The summed E-state index contributed by atoms with van der Waals surface area (Å²) in [6.07, 6.45) is 1.39. The van der Waals surface area contributed by atoms with Crippen LogP contribution in [-0.4, -0.2) is 12.3 Å². The summed E-state index contributed by atoms with van der Waals surface area (Å²) in [5.74, 6) is 2.71. The minimum absolute atomic E-state index is 0.296. The van der Waals surface area contributed by atoms with Gasteiger partial charge in [0.1, 0.15) is 5.78 Å². The number of piperidine rings is 1. The smallest absolute Gasteiger partial charge is 0.136 e. The number of carbonyl (C=O) groups excluding carboxylic acids is 1. The summed E-state index contributed by atoms with van der Waals surface area (Å²) in [5.41, 5.74) is 2.91. The van der Waals surface area contributed by atoms with E-state index in [2.05, 4.69) is 10.7 Å². The molecule has 0 spiro atoms. The van der Waals surface area contributed by atoms with Crippen molar-refractivity contribution in [2.24, 2.45) is 0 Å². The van der Waals surface area contributed by atoms with Crippen molar-refractivity contribution < 1.29 is 4.79 Å². The molecule has 1 aromatic heterocycles. The van der Waals surface area contributed by atoms with Gasteiger partial charge in [-0.25, -0.2) is 0 Å². The molecule has 3 rings (SSSR count). The molecule has 2 aliphatic rings. The number of carbonyl (C=O) groups is 1. The molecule has 1 saturated heterocycles. The molecule has 1 fully saturated rings. The zero-order valence-corrected chi connectivity index (χ0v) is 10.0. The lowest BCUT2D eigenvalue weighted by Crippen LogP contribution is -2.32. The minimum atomic E-state index is 0.296. The van der Waals surface area contributed by atoms with E-state index < -0.39 is 0 Å². The molecular weight excluding hydrogens is 226 g/mol. The Labute approximate surface area is 97.4 Å². The van der Waals surface area contributed by atoms with E-state index in [4.69, 9.17) is 0 Å². The third kappa shape index (κ3) is 1.75. The Morgan fingerprint density at radius 1 is 1.40 bits per heavy atom. The molecule has 0 radical (unpaired) electrons. The number of rotatable bonds is 1. The minimum Gasteiger partial charge on any atom is -0.309 e. The molecule has 1 unspecified atom stereocenters. The summed E-state index contributed by atoms with van der Waals surface area (Å²) >= 11 is 3.85. The summed E-state index contributed by atoms with van der Waals surface area (Å²) in [7, 11) is 0. The van der Waals surface area contributed by atoms with Gasteiger partial charge in [0.05, 0.1) is 0 Å². The highest BCUT2D eigenvalue weighted by Gasteiger charge is 2.26. The van der Waals surface area contributed by atoms with Crippen LogP contribution in [0.2, 0.25) is 0 Å². The topological polar surface area (TPSA) is 29.1 Å². The van der Waals surface area contributed by atoms with E-state index in [0.29, 0.717) is 24.7 Å². The molecule has 2 aliphatic heterocycles. The zero-order valence-electron chi connectivity index (χ0n) is 8.41. The Bertz CT molecular complexity index is 399. The number of nitrogens with one attached hydrogen (secondary N) is 1. The van der Waals surface area contributed by atoms with Crippen molar-refractivity contribution in [1.82, 2.24) is 5.32 Å². The number of fused-ring (bicyclic) bond motifs is 1. The molecule has 1 aromatic rings. The van der Waals surface area contributed by atoms with E-state index in [1.165, 1.54) is 21.8 Å². The Hall–Kier alpha value is -0.320. The summed E-state index contributed by atoms with van der Waals surface area (Å²) in [5, 5.41) is 5.71. The van der Waals surface area contributed by atoms with Crippen LogP contribution in [0.1, 0.15) is 34.9 Å². The van der Waals surface area contributed by atoms with E-state index in [9.17, 15) is 4.79 Å². The number of Topliss-reactive ketones (excluding diaryl/α,β-unsaturated/α-hetero) is 1. The first-order valence-electron chi connectivity index (χ1n) is 5.26. The number of hydrogen-bond acceptors (Lipinski definition) is 4. The standard InChI is InChI=1S/C11H13NOS2/c13-7-1-2-12-10(3-7)8-5-15-11-6-14-4-9(8)11/h5,10,12H,1-4,6H2. The van der Waals surface area contributed by atoms with Crippen LogP contribution in [0.25, 0.3) is 0 Å². The maximum atomic E-state index is 11.4. The van der Waals surface area contributed by atoms with Gasteiger partial charge in [0.25, 0.3) is 0 Å². The number of thiophene rings is 1. The average Bonchev–Trinajstić information content (AvgIpc) is 2.77. The van der Waals surface area contributed by atoms with E-state index in [1.807, 2.05) is 23.1 Å². The Morgan fingerprint density at radius 3 is 3.20 bits per heavy atom. The molecular formula is C11H13NOS2. The molecule has 2 nitrogen and oxygen atoms in total. The summed E-state index contributed by atoms with van der Waals surface area (Å²) in [4.78, 5) is 13.0. The molecule has 4 heteroatoms. The van der Waals surface area contributed by atoms with Crippen LogP contribution in [0.15, 0.2) is 5.38 Å². The molecule has 3 heterocycles. The third-order valence-electron chi connectivity index (χ3n) is 3.09. The van der Waals surface area contributed by atoms with Crippen molar-refractivity contribution in [2.45, 2.75) is 30.4 Å². The maximum absolute atomic E-state index is 11.4. The van der Waals surface area contributed by atoms with Gasteiger partial charge >= 0.3 is 0 Å². The number of thioether (sulfide) groups is 1. The number of ketones is 1. The van der Waals surface area contributed by atoms with Gasteiger partial charge in [0, 0.05) is 41.8 Å². The van der Waals surface area contributed by atoms with Gasteiger partial charge < -0.3 is 5.32 Å². The largest absolute Gasteiger partial charge is 0.309 e. The molecule has 80 valence electrons. The monoisotopic (exact) mass is 239 g/mol. The van der Waals surface area contributed by atoms with Crippen molar-refractivity contribution in [3.63, 3.8) is 0 Å². The normalized spacial score (nSPS) is 25.6. The van der Waals surface area contributed by atoms with E-state index in [0.717, 1.165) is 12.3 Å². The highest BCUT2D eigenvalue weighted by Crippen LogP contribution is 2.40. The van der Waals surface area contributed by atoms with Gasteiger partial charge in [-0.05, 0) is 16.5 Å². The van der Waals surface area contributed by atoms with Crippen LogP contribution in [0.5, 0.6) is 0 Å². The van der Waals surface area contributed by atoms with Crippen molar-refractivity contribution in [3.05, 3.63) is 21.4 Å². The molecule has 15 heavy (non-hydrogen) atoms. The second-order valence-electron chi connectivity index (χ2n) is 4.09. The molecule has 1 N–H and O–H groups in total. The van der Waals surface area contributed by atoms with E-state index in [-0.39, 0.29) is 0 Å². The molecule has 0 bridgehead atoms. The fourth-order valence-corrected chi connectivity index (χ4v) is 4.80. The second-order valence-corrected chi connectivity index (χ2v) is 6.03. The Kier molecular flexibility index (Phi) is 2.58. The van der Waals surface area contributed by atoms with E-state index in [1.54, 1.807) is 0 Å². The SMILES string of the molecule is O=C1CCNC(c2csc3c2CSC3)C1. The lowest BCUT2D eigenvalue weighted by Gasteiger charge is -2.23. The van der Waals surface area contributed by atoms with Crippen LogP contribution in [0, 0.1) is 0 Å². The second kappa shape index (κ2) is 3.92. The Balaban J connectivity index is 1.88. The van der Waals surface area contributed by atoms with Crippen LogP contribution in [-0.2, 0) is 16.3 Å². The van der Waals surface area contributed by atoms with Gasteiger partial charge in [0.2, 0.25) is 0 Å². The lowest BCUT2D eigenvalue weighted by molar-refractivity contribution is -0.120. The van der Waals surface area contributed by atoms with Gasteiger partial charge in [0.15, 0.2) is 0 Å². The fraction of sp³-hybridized carbons (Fsp3) is 0.545. The van der Waals surface area contributed by atoms with Crippen LogP contribution < -0.4 is 5.32 Å². The van der Waals surface area contributed by atoms with Crippen molar-refractivity contribution >= 4 is 28.9 Å². The zero-order chi connectivity index (χ0) is 10.3. The average molecular weight is 239 g/mol. The Morgan fingerprint density at radius 2 is 2.33 bits per heavy atom. The molecule has 1 atom stereocenters. The first-order valence-corrected chi connectivity index (χ1v) is 7.30. The first-order chi connectivity index (χ1) is 7.34.